The van der Waals surface area contributed by atoms with Crippen molar-refractivity contribution >= 4 is 39.1 Å². The third-order valence-electron chi connectivity index (χ3n) is 6.33. The van der Waals surface area contributed by atoms with Crippen LogP contribution in [0.1, 0.15) is 44.5 Å². The molecule has 0 spiro atoms. The van der Waals surface area contributed by atoms with Crippen molar-refractivity contribution in [3.8, 4) is 5.75 Å². The summed E-state index contributed by atoms with van der Waals surface area (Å²) in [7, 11) is -2.29. The molecule has 3 amide bonds. The molecule has 0 aromatic heterocycles. The predicted octanol–water partition coefficient (Wildman–Crippen LogP) is 3.17. The fourth-order valence-electron chi connectivity index (χ4n) is 4.21. The lowest BCUT2D eigenvalue weighted by Crippen LogP contribution is -2.33. The minimum Gasteiger partial charge on any atom is -0.495 e. The lowest BCUT2D eigenvalue weighted by Gasteiger charge is -2.20. The van der Waals surface area contributed by atoms with E-state index >= 15 is 0 Å². The van der Waals surface area contributed by atoms with Crippen molar-refractivity contribution in [2.45, 2.75) is 45.1 Å². The average Bonchev–Trinajstić information content (AvgIpc) is 3.27. The van der Waals surface area contributed by atoms with E-state index in [4.69, 9.17) is 4.74 Å². The van der Waals surface area contributed by atoms with Gasteiger partial charge in [-0.15, -0.1) is 0 Å². The second-order valence-corrected chi connectivity index (χ2v) is 11.0. The molecule has 1 aliphatic heterocycles. The number of sulfonamides is 1. The quantitative estimate of drug-likeness (QED) is 0.486. The number of nitrogens with one attached hydrogen (secondary N) is 2. The van der Waals surface area contributed by atoms with Gasteiger partial charge in [-0.25, -0.2) is 8.42 Å². The summed E-state index contributed by atoms with van der Waals surface area (Å²) in [6.45, 7) is 8.37. The summed E-state index contributed by atoms with van der Waals surface area (Å²) >= 11 is 0. The maximum absolute atomic E-state index is 12.9. The van der Waals surface area contributed by atoms with E-state index in [-0.39, 0.29) is 34.9 Å². The summed E-state index contributed by atoms with van der Waals surface area (Å²) < 4.78 is 32.5. The van der Waals surface area contributed by atoms with Crippen molar-refractivity contribution in [3.63, 3.8) is 0 Å². The molecule has 0 saturated carbocycles. The zero-order valence-corrected chi connectivity index (χ0v) is 22.6. The highest BCUT2D eigenvalue weighted by Gasteiger charge is 2.35. The first-order valence-corrected chi connectivity index (χ1v) is 13.7. The number of rotatable bonds is 10. The van der Waals surface area contributed by atoms with E-state index in [1.807, 2.05) is 13.8 Å². The van der Waals surface area contributed by atoms with Gasteiger partial charge in [0.05, 0.1) is 23.6 Å². The maximum Gasteiger partial charge on any atom is 0.255 e. The number of hydrogen-bond acceptors (Lipinski definition) is 6. The molecule has 37 heavy (non-hydrogen) atoms. The number of nitrogens with zero attached hydrogens (tertiary/aromatic N) is 2. The standard InChI is InChI=1S/C26H34N4O6S/c1-6-29(7-2)37(34,35)21-12-13-23(36-5)22(15-21)28-25(32)18-8-10-20(11-9-18)27-26(33)19-14-24(31)30(16-19)17(3)4/h8-13,15,17,19H,6-7,14,16H2,1-5H3,(H,27,33)(H,28,32). The molecule has 0 aliphatic carbocycles. The summed E-state index contributed by atoms with van der Waals surface area (Å²) in [6, 6.07) is 10.7. The molecule has 1 saturated heterocycles. The third-order valence-corrected chi connectivity index (χ3v) is 8.38. The lowest BCUT2D eigenvalue weighted by atomic mass is 10.1. The molecule has 3 rings (SSSR count). The minimum atomic E-state index is -3.72. The topological polar surface area (TPSA) is 125 Å². The Morgan fingerprint density at radius 2 is 1.73 bits per heavy atom. The molecule has 1 atom stereocenters. The summed E-state index contributed by atoms with van der Waals surface area (Å²) in [6.07, 6.45) is 0.176. The molecule has 2 N–H and O–H groups in total. The number of carbonyl (C=O) groups excluding carboxylic acids is 3. The van der Waals surface area contributed by atoms with Crippen LogP contribution in [0, 0.1) is 5.92 Å². The van der Waals surface area contributed by atoms with E-state index in [2.05, 4.69) is 10.6 Å². The number of carbonyl (C=O) groups is 3. The number of benzene rings is 2. The van der Waals surface area contributed by atoms with Crippen molar-refractivity contribution in [2.75, 3.05) is 37.4 Å². The molecule has 1 unspecified atom stereocenters. The highest BCUT2D eigenvalue weighted by atomic mass is 32.2. The highest BCUT2D eigenvalue weighted by Crippen LogP contribution is 2.29. The van der Waals surface area contributed by atoms with Crippen molar-refractivity contribution in [1.82, 2.24) is 9.21 Å². The molecule has 200 valence electrons. The van der Waals surface area contributed by atoms with Gasteiger partial charge in [0.15, 0.2) is 0 Å². The van der Waals surface area contributed by atoms with Crippen LogP contribution in [0.3, 0.4) is 0 Å². The van der Waals surface area contributed by atoms with Gasteiger partial charge in [-0.3, -0.25) is 14.4 Å². The van der Waals surface area contributed by atoms with Gasteiger partial charge in [0.1, 0.15) is 5.75 Å². The molecule has 1 aliphatic rings. The van der Waals surface area contributed by atoms with Crippen LogP contribution in [-0.2, 0) is 19.6 Å². The van der Waals surface area contributed by atoms with Gasteiger partial charge in [-0.2, -0.15) is 4.31 Å². The van der Waals surface area contributed by atoms with Gasteiger partial charge in [0, 0.05) is 43.3 Å². The third kappa shape index (κ3) is 6.28. The Kier molecular flexibility index (Phi) is 8.93. The van der Waals surface area contributed by atoms with Crippen molar-refractivity contribution in [1.29, 1.82) is 0 Å². The highest BCUT2D eigenvalue weighted by molar-refractivity contribution is 7.89. The van der Waals surface area contributed by atoms with Crippen LogP contribution in [0.5, 0.6) is 5.75 Å². The Bertz CT molecular complexity index is 1260. The Hall–Kier alpha value is -3.44. The second kappa shape index (κ2) is 11.7. The van der Waals surface area contributed by atoms with Gasteiger partial charge < -0.3 is 20.3 Å². The van der Waals surface area contributed by atoms with Crippen molar-refractivity contribution in [2.24, 2.45) is 5.92 Å². The molecule has 2 aromatic carbocycles. The van der Waals surface area contributed by atoms with E-state index in [1.165, 1.54) is 29.6 Å². The number of methoxy groups -OCH3 is 1. The SMILES string of the molecule is CCN(CC)S(=O)(=O)c1ccc(OC)c(NC(=O)c2ccc(NC(=O)C3CC(=O)N(C(C)C)C3)cc2)c1. The molecule has 1 heterocycles. The van der Waals surface area contributed by atoms with E-state index in [0.29, 0.717) is 36.6 Å². The van der Waals surface area contributed by atoms with Gasteiger partial charge in [-0.05, 0) is 56.3 Å². The Labute approximate surface area is 218 Å². The number of ether oxygens (including phenoxy) is 1. The summed E-state index contributed by atoms with van der Waals surface area (Å²) in [5.74, 6) is -0.860. The second-order valence-electron chi connectivity index (χ2n) is 9.01. The monoisotopic (exact) mass is 530 g/mol. The first-order valence-electron chi connectivity index (χ1n) is 12.2. The van der Waals surface area contributed by atoms with Gasteiger partial charge in [-0.1, -0.05) is 13.8 Å². The van der Waals surface area contributed by atoms with Crippen LogP contribution in [0.2, 0.25) is 0 Å². The molecule has 11 heteroatoms. The van der Waals surface area contributed by atoms with Crippen LogP contribution >= 0.6 is 0 Å². The fourth-order valence-corrected chi connectivity index (χ4v) is 5.69. The minimum absolute atomic E-state index is 0.0356. The van der Waals surface area contributed by atoms with E-state index in [9.17, 15) is 22.8 Å². The van der Waals surface area contributed by atoms with Gasteiger partial charge >= 0.3 is 0 Å². The molecule has 1 fully saturated rings. The molecular weight excluding hydrogens is 496 g/mol. The Morgan fingerprint density at radius 1 is 1.08 bits per heavy atom. The largest absolute Gasteiger partial charge is 0.495 e. The predicted molar refractivity (Wildman–Crippen MR) is 141 cm³/mol. The van der Waals surface area contributed by atoms with Crippen molar-refractivity contribution in [3.05, 3.63) is 48.0 Å². The molecule has 0 bridgehead atoms. The molecule has 10 nitrogen and oxygen atoms in total. The van der Waals surface area contributed by atoms with Gasteiger partial charge in [0.2, 0.25) is 21.8 Å². The van der Waals surface area contributed by atoms with E-state index < -0.39 is 21.8 Å². The van der Waals surface area contributed by atoms with E-state index in [1.54, 1.807) is 43.0 Å². The van der Waals surface area contributed by atoms with Crippen LogP contribution in [-0.4, -0.2) is 68.1 Å². The van der Waals surface area contributed by atoms with Gasteiger partial charge in [0.25, 0.3) is 5.91 Å². The Morgan fingerprint density at radius 3 is 2.27 bits per heavy atom. The zero-order valence-electron chi connectivity index (χ0n) is 21.8. The first-order chi connectivity index (χ1) is 17.5. The number of hydrogen-bond donors (Lipinski definition) is 2. The lowest BCUT2D eigenvalue weighted by molar-refractivity contribution is -0.129. The molecular formula is C26H34N4O6S. The van der Waals surface area contributed by atoms with Crippen LogP contribution in [0.25, 0.3) is 0 Å². The summed E-state index contributed by atoms with van der Waals surface area (Å²) in [4.78, 5) is 39.4. The zero-order chi connectivity index (χ0) is 27.3. The summed E-state index contributed by atoms with van der Waals surface area (Å²) in [5.41, 5.74) is 1.03. The van der Waals surface area contributed by atoms with Crippen molar-refractivity contribution < 1.29 is 27.5 Å². The van der Waals surface area contributed by atoms with E-state index in [0.717, 1.165) is 0 Å². The first kappa shape index (κ1) is 28.1. The molecule has 2 aromatic rings. The van der Waals surface area contributed by atoms with Crippen LogP contribution in [0.4, 0.5) is 11.4 Å². The maximum atomic E-state index is 12.9. The van der Waals surface area contributed by atoms with Crippen LogP contribution < -0.4 is 15.4 Å². The average molecular weight is 531 g/mol. The number of anilines is 2. The fraction of sp³-hybridized carbons (Fsp3) is 0.423. The van der Waals surface area contributed by atoms with Crippen LogP contribution in [0.15, 0.2) is 47.4 Å². The number of amides is 3. The number of likely N-dealkylation sites (tertiary alicyclic amines) is 1. The molecule has 0 radical (unpaired) electrons. The summed E-state index contributed by atoms with van der Waals surface area (Å²) in [5, 5.41) is 5.52. The smallest absolute Gasteiger partial charge is 0.255 e. The normalized spacial score (nSPS) is 15.8. The Balaban J connectivity index is 1.71.